The summed E-state index contributed by atoms with van der Waals surface area (Å²) in [5.74, 6) is -0.464. The van der Waals surface area contributed by atoms with E-state index >= 15 is 0 Å². The number of amides is 1. The maximum atomic E-state index is 13.7. The molecule has 23 heavy (non-hydrogen) atoms. The number of aromatic amines is 1. The smallest absolute Gasteiger partial charge is 0.228 e. The summed E-state index contributed by atoms with van der Waals surface area (Å²) in [5.41, 5.74) is 1.41. The Labute approximate surface area is 135 Å². The fourth-order valence-electron chi connectivity index (χ4n) is 2.09. The minimum atomic E-state index is -0.506. The number of hydrogen-bond acceptors (Lipinski definition) is 4. The molecule has 2 aromatic carbocycles. The molecule has 0 spiro atoms. The summed E-state index contributed by atoms with van der Waals surface area (Å²) < 4.78 is 13.7. The van der Waals surface area contributed by atoms with Gasteiger partial charge in [0, 0.05) is 21.8 Å². The summed E-state index contributed by atoms with van der Waals surface area (Å²) in [4.78, 5) is 12.1. The number of aromatic nitrogens is 4. The van der Waals surface area contributed by atoms with Gasteiger partial charge in [-0.3, -0.25) is 4.79 Å². The standard InChI is InChI=1S/C15H11ClFN5O/c16-12-5-2-6-13(17)11(12)8-14(23)18-10-4-1-3-9(7-10)15-19-21-22-20-15/h1-7H,8H2,(H,18,23)(H,19,20,21,22). The molecule has 8 heteroatoms. The number of carbonyl (C=O) groups is 1. The van der Waals surface area contributed by atoms with Crippen molar-refractivity contribution in [1.82, 2.24) is 20.6 Å². The summed E-state index contributed by atoms with van der Waals surface area (Å²) in [5, 5.41) is 16.5. The van der Waals surface area contributed by atoms with E-state index in [1.165, 1.54) is 12.1 Å². The van der Waals surface area contributed by atoms with E-state index in [0.29, 0.717) is 17.1 Å². The van der Waals surface area contributed by atoms with Crippen LogP contribution in [-0.2, 0) is 11.2 Å². The van der Waals surface area contributed by atoms with Crippen LogP contribution in [-0.4, -0.2) is 26.5 Å². The lowest BCUT2D eigenvalue weighted by Crippen LogP contribution is -2.15. The normalized spacial score (nSPS) is 10.5. The number of carbonyl (C=O) groups excluding carboxylic acids is 1. The van der Waals surface area contributed by atoms with Gasteiger partial charge >= 0.3 is 0 Å². The number of rotatable bonds is 4. The van der Waals surface area contributed by atoms with Crippen molar-refractivity contribution in [2.24, 2.45) is 0 Å². The molecule has 116 valence electrons. The van der Waals surface area contributed by atoms with Gasteiger partial charge in [-0.15, -0.1) is 10.2 Å². The molecule has 0 aliphatic carbocycles. The van der Waals surface area contributed by atoms with Crippen LogP contribution in [0.2, 0.25) is 5.02 Å². The maximum absolute atomic E-state index is 13.7. The number of nitrogens with one attached hydrogen (secondary N) is 2. The van der Waals surface area contributed by atoms with Gasteiger partial charge in [-0.25, -0.2) is 4.39 Å². The molecule has 6 nitrogen and oxygen atoms in total. The third kappa shape index (κ3) is 3.51. The van der Waals surface area contributed by atoms with Gasteiger partial charge in [-0.1, -0.05) is 29.8 Å². The molecule has 1 aromatic heterocycles. The van der Waals surface area contributed by atoms with Crippen LogP contribution in [0.3, 0.4) is 0 Å². The monoisotopic (exact) mass is 331 g/mol. The van der Waals surface area contributed by atoms with Crippen LogP contribution in [0, 0.1) is 5.82 Å². The van der Waals surface area contributed by atoms with E-state index in [9.17, 15) is 9.18 Å². The average molecular weight is 332 g/mol. The number of nitrogens with zero attached hydrogens (tertiary/aromatic N) is 3. The first kappa shape index (κ1) is 15.1. The van der Waals surface area contributed by atoms with Crippen LogP contribution in [0.25, 0.3) is 11.4 Å². The summed E-state index contributed by atoms with van der Waals surface area (Å²) in [6.45, 7) is 0. The Balaban J connectivity index is 1.75. The molecule has 1 heterocycles. The zero-order valence-electron chi connectivity index (χ0n) is 11.8. The maximum Gasteiger partial charge on any atom is 0.228 e. The summed E-state index contributed by atoms with van der Waals surface area (Å²) >= 11 is 5.92. The van der Waals surface area contributed by atoms with Crippen molar-refractivity contribution >= 4 is 23.2 Å². The lowest BCUT2D eigenvalue weighted by atomic mass is 10.1. The van der Waals surface area contributed by atoms with Crippen molar-refractivity contribution in [2.45, 2.75) is 6.42 Å². The highest BCUT2D eigenvalue weighted by Gasteiger charge is 2.12. The molecule has 0 radical (unpaired) electrons. The fraction of sp³-hybridized carbons (Fsp3) is 0.0667. The van der Waals surface area contributed by atoms with Crippen LogP contribution in [0.1, 0.15) is 5.56 Å². The van der Waals surface area contributed by atoms with Gasteiger partial charge in [-0.05, 0) is 29.5 Å². The Bertz CT molecular complexity index is 817. The molecular weight excluding hydrogens is 321 g/mol. The molecule has 0 aliphatic heterocycles. The highest BCUT2D eigenvalue weighted by molar-refractivity contribution is 6.31. The largest absolute Gasteiger partial charge is 0.326 e. The number of hydrogen-bond donors (Lipinski definition) is 2. The van der Waals surface area contributed by atoms with E-state index in [-0.39, 0.29) is 22.9 Å². The molecule has 0 saturated carbocycles. The Hall–Kier alpha value is -2.80. The summed E-state index contributed by atoms with van der Waals surface area (Å²) in [7, 11) is 0. The van der Waals surface area contributed by atoms with Gasteiger partial charge in [0.25, 0.3) is 0 Å². The number of tetrazole rings is 1. The molecule has 3 rings (SSSR count). The second-order valence-electron chi connectivity index (χ2n) is 4.74. The van der Waals surface area contributed by atoms with E-state index in [1.807, 2.05) is 0 Å². The second kappa shape index (κ2) is 6.53. The zero-order chi connectivity index (χ0) is 16.2. The van der Waals surface area contributed by atoms with Crippen molar-refractivity contribution in [3.8, 4) is 11.4 Å². The topological polar surface area (TPSA) is 83.6 Å². The van der Waals surface area contributed by atoms with E-state index < -0.39 is 5.82 Å². The predicted octanol–water partition coefficient (Wildman–Crippen LogP) is 2.84. The molecule has 0 bridgehead atoms. The number of halogens is 2. The van der Waals surface area contributed by atoms with Crippen LogP contribution >= 0.6 is 11.6 Å². The van der Waals surface area contributed by atoms with E-state index in [0.717, 1.165) is 0 Å². The molecule has 0 atom stereocenters. The Morgan fingerprint density at radius 3 is 2.83 bits per heavy atom. The van der Waals surface area contributed by atoms with Gasteiger partial charge in [0.15, 0.2) is 0 Å². The number of benzene rings is 2. The van der Waals surface area contributed by atoms with Gasteiger partial charge < -0.3 is 5.32 Å². The van der Waals surface area contributed by atoms with Gasteiger partial charge in [0.2, 0.25) is 11.7 Å². The van der Waals surface area contributed by atoms with Crippen molar-refractivity contribution in [3.05, 3.63) is 58.9 Å². The van der Waals surface area contributed by atoms with Crippen molar-refractivity contribution < 1.29 is 9.18 Å². The van der Waals surface area contributed by atoms with E-state index in [2.05, 4.69) is 25.9 Å². The average Bonchev–Trinajstić information content (AvgIpc) is 3.06. The van der Waals surface area contributed by atoms with E-state index in [1.54, 1.807) is 30.3 Å². The van der Waals surface area contributed by atoms with Crippen molar-refractivity contribution in [1.29, 1.82) is 0 Å². The molecule has 2 N–H and O–H groups in total. The molecule has 0 aliphatic rings. The first-order valence-electron chi connectivity index (χ1n) is 6.70. The van der Waals surface area contributed by atoms with Crippen molar-refractivity contribution in [2.75, 3.05) is 5.32 Å². The first-order valence-corrected chi connectivity index (χ1v) is 7.08. The van der Waals surface area contributed by atoms with Gasteiger partial charge in [0.1, 0.15) is 5.82 Å². The quantitative estimate of drug-likeness (QED) is 0.770. The molecule has 1 amide bonds. The van der Waals surface area contributed by atoms with Gasteiger partial charge in [-0.2, -0.15) is 5.21 Å². The zero-order valence-corrected chi connectivity index (χ0v) is 12.5. The molecule has 3 aromatic rings. The first-order chi connectivity index (χ1) is 11.1. The molecule has 0 unspecified atom stereocenters. The predicted molar refractivity (Wildman–Crippen MR) is 83.4 cm³/mol. The Morgan fingerprint density at radius 1 is 1.26 bits per heavy atom. The number of H-pyrrole nitrogens is 1. The third-order valence-electron chi connectivity index (χ3n) is 3.15. The molecule has 0 saturated heterocycles. The molecular formula is C15H11ClFN5O. The van der Waals surface area contributed by atoms with Crippen LogP contribution in [0.5, 0.6) is 0 Å². The highest BCUT2D eigenvalue weighted by Crippen LogP contribution is 2.21. The minimum Gasteiger partial charge on any atom is -0.326 e. The van der Waals surface area contributed by atoms with Gasteiger partial charge in [0.05, 0.1) is 6.42 Å². The number of anilines is 1. The lowest BCUT2D eigenvalue weighted by Gasteiger charge is -2.08. The van der Waals surface area contributed by atoms with Crippen molar-refractivity contribution in [3.63, 3.8) is 0 Å². The second-order valence-corrected chi connectivity index (χ2v) is 5.15. The SMILES string of the molecule is O=C(Cc1c(F)cccc1Cl)Nc1cccc(-c2nn[nH]n2)c1. The van der Waals surface area contributed by atoms with Crippen LogP contribution < -0.4 is 5.32 Å². The van der Waals surface area contributed by atoms with Crippen LogP contribution in [0.4, 0.5) is 10.1 Å². The molecule has 0 fully saturated rings. The lowest BCUT2D eigenvalue weighted by molar-refractivity contribution is -0.115. The highest BCUT2D eigenvalue weighted by atomic mass is 35.5. The Morgan fingerprint density at radius 2 is 2.09 bits per heavy atom. The fourth-order valence-corrected chi connectivity index (χ4v) is 2.32. The third-order valence-corrected chi connectivity index (χ3v) is 3.50. The Kier molecular flexibility index (Phi) is 4.29. The summed E-state index contributed by atoms with van der Waals surface area (Å²) in [6, 6.07) is 11.3. The summed E-state index contributed by atoms with van der Waals surface area (Å²) in [6.07, 6.45) is -0.155. The van der Waals surface area contributed by atoms with E-state index in [4.69, 9.17) is 11.6 Å². The van der Waals surface area contributed by atoms with Crippen LogP contribution in [0.15, 0.2) is 42.5 Å². The minimum absolute atomic E-state index is 0.155.